The Kier molecular flexibility index (Phi) is 6.12. The fourth-order valence-corrected chi connectivity index (χ4v) is 4.69. The molecule has 1 aromatic heterocycles. The lowest BCUT2D eigenvalue weighted by Crippen LogP contribution is -2.38. The summed E-state index contributed by atoms with van der Waals surface area (Å²) in [5.74, 6) is 0.938. The first-order chi connectivity index (χ1) is 12.8. The molecular formula is C18H25N3O4S2. The van der Waals surface area contributed by atoms with Crippen LogP contribution in [-0.2, 0) is 14.8 Å². The van der Waals surface area contributed by atoms with Gasteiger partial charge in [-0.1, -0.05) is 18.7 Å². The first-order valence-electron chi connectivity index (χ1n) is 9.01. The Morgan fingerprint density at radius 3 is 2.67 bits per heavy atom. The molecule has 1 aromatic carbocycles. The van der Waals surface area contributed by atoms with Gasteiger partial charge in [-0.2, -0.15) is 0 Å². The molecule has 1 aliphatic rings. The van der Waals surface area contributed by atoms with E-state index in [2.05, 4.69) is 17.2 Å². The number of thioether (sulfide) groups is 1. The number of benzene rings is 1. The molecule has 1 saturated carbocycles. The van der Waals surface area contributed by atoms with Crippen LogP contribution in [0, 0.1) is 5.92 Å². The SMILES string of the molecule is CC1CCC(NC(=O)CSc2nc3cc(S(=O)(=O)N(C)C)ccc3o2)CC1. The van der Waals surface area contributed by atoms with E-state index in [4.69, 9.17) is 4.42 Å². The molecule has 0 atom stereocenters. The van der Waals surface area contributed by atoms with Gasteiger partial charge < -0.3 is 9.73 Å². The van der Waals surface area contributed by atoms with Crippen molar-refractivity contribution in [1.29, 1.82) is 0 Å². The second-order valence-corrected chi connectivity index (χ2v) is 10.3. The van der Waals surface area contributed by atoms with Crippen LogP contribution in [0.25, 0.3) is 11.1 Å². The molecule has 1 heterocycles. The van der Waals surface area contributed by atoms with Gasteiger partial charge in [-0.05, 0) is 49.8 Å². The van der Waals surface area contributed by atoms with Gasteiger partial charge in [-0.15, -0.1) is 0 Å². The average Bonchev–Trinajstić information content (AvgIpc) is 3.04. The number of sulfonamides is 1. The normalized spacial score (nSPS) is 20.9. The number of hydrogen-bond donors (Lipinski definition) is 1. The van der Waals surface area contributed by atoms with Crippen molar-refractivity contribution in [3.8, 4) is 0 Å². The Morgan fingerprint density at radius 2 is 2.00 bits per heavy atom. The lowest BCUT2D eigenvalue weighted by atomic mass is 9.87. The Hall–Kier alpha value is -1.58. The smallest absolute Gasteiger partial charge is 0.257 e. The monoisotopic (exact) mass is 411 g/mol. The van der Waals surface area contributed by atoms with E-state index in [0.717, 1.165) is 35.9 Å². The molecule has 1 N–H and O–H groups in total. The third-order valence-electron chi connectivity index (χ3n) is 4.83. The predicted octanol–water partition coefficient (Wildman–Crippen LogP) is 2.87. The first-order valence-corrected chi connectivity index (χ1v) is 11.4. The number of rotatable bonds is 6. The van der Waals surface area contributed by atoms with Crippen molar-refractivity contribution in [1.82, 2.24) is 14.6 Å². The van der Waals surface area contributed by atoms with Gasteiger partial charge in [-0.3, -0.25) is 4.79 Å². The molecule has 1 fully saturated rings. The largest absolute Gasteiger partial charge is 0.431 e. The van der Waals surface area contributed by atoms with Crippen LogP contribution >= 0.6 is 11.8 Å². The zero-order valence-corrected chi connectivity index (χ0v) is 17.4. The first kappa shape index (κ1) is 20.2. The van der Waals surface area contributed by atoms with Gasteiger partial charge in [0.1, 0.15) is 5.52 Å². The van der Waals surface area contributed by atoms with Crippen LogP contribution in [0.2, 0.25) is 0 Å². The van der Waals surface area contributed by atoms with Crippen molar-refractivity contribution < 1.29 is 17.6 Å². The van der Waals surface area contributed by atoms with Gasteiger partial charge in [0, 0.05) is 20.1 Å². The van der Waals surface area contributed by atoms with Crippen LogP contribution in [0.4, 0.5) is 0 Å². The van der Waals surface area contributed by atoms with Crippen LogP contribution in [0.15, 0.2) is 32.7 Å². The Balaban J connectivity index is 1.61. The highest BCUT2D eigenvalue weighted by Crippen LogP contribution is 2.27. The summed E-state index contributed by atoms with van der Waals surface area (Å²) in [5.41, 5.74) is 0.957. The molecule has 27 heavy (non-hydrogen) atoms. The second-order valence-electron chi connectivity index (χ2n) is 7.21. The van der Waals surface area contributed by atoms with Crippen LogP contribution in [-0.4, -0.2) is 49.5 Å². The molecule has 7 nitrogen and oxygen atoms in total. The predicted molar refractivity (Wildman–Crippen MR) is 105 cm³/mol. The number of carbonyl (C=O) groups excluding carboxylic acids is 1. The molecule has 0 radical (unpaired) electrons. The summed E-state index contributed by atoms with van der Waals surface area (Å²) in [6.45, 7) is 2.25. The maximum Gasteiger partial charge on any atom is 0.257 e. The standard InChI is InChI=1S/C18H25N3O4S2/c1-12-4-6-13(7-5-12)19-17(22)11-26-18-20-15-10-14(8-9-16(15)25-18)27(23,24)21(2)3/h8-10,12-13H,4-7,11H2,1-3H3,(H,19,22). The summed E-state index contributed by atoms with van der Waals surface area (Å²) in [7, 11) is -0.562. The van der Waals surface area contributed by atoms with Crippen molar-refractivity contribution in [2.75, 3.05) is 19.8 Å². The van der Waals surface area contributed by atoms with Gasteiger partial charge in [0.15, 0.2) is 5.58 Å². The molecule has 9 heteroatoms. The van der Waals surface area contributed by atoms with Crippen molar-refractivity contribution >= 4 is 38.8 Å². The summed E-state index contributed by atoms with van der Waals surface area (Å²) >= 11 is 1.21. The summed E-state index contributed by atoms with van der Waals surface area (Å²) < 4.78 is 31.2. The molecule has 0 bridgehead atoms. The van der Waals surface area contributed by atoms with Crippen molar-refractivity contribution in [2.24, 2.45) is 5.92 Å². The van der Waals surface area contributed by atoms with Gasteiger partial charge in [-0.25, -0.2) is 17.7 Å². The quantitative estimate of drug-likeness (QED) is 0.735. The van der Waals surface area contributed by atoms with Crippen LogP contribution in [0.1, 0.15) is 32.6 Å². The fourth-order valence-electron chi connectivity index (χ4n) is 3.12. The lowest BCUT2D eigenvalue weighted by molar-refractivity contribution is -0.119. The minimum Gasteiger partial charge on any atom is -0.431 e. The summed E-state index contributed by atoms with van der Waals surface area (Å²) in [4.78, 5) is 16.6. The molecule has 0 aliphatic heterocycles. The number of nitrogens with one attached hydrogen (secondary N) is 1. The maximum absolute atomic E-state index is 12.2. The van der Waals surface area contributed by atoms with Crippen molar-refractivity contribution in [3.63, 3.8) is 0 Å². The zero-order valence-electron chi connectivity index (χ0n) is 15.8. The zero-order chi connectivity index (χ0) is 19.6. The van der Waals surface area contributed by atoms with Crippen LogP contribution in [0.3, 0.4) is 0 Å². The summed E-state index contributed by atoms with van der Waals surface area (Å²) in [6, 6.07) is 4.83. The minimum absolute atomic E-state index is 0.0299. The fraction of sp³-hybridized carbons (Fsp3) is 0.556. The number of amides is 1. The number of fused-ring (bicyclic) bond motifs is 1. The molecule has 0 unspecified atom stereocenters. The molecule has 148 valence electrons. The van der Waals surface area contributed by atoms with E-state index in [-0.39, 0.29) is 22.6 Å². The van der Waals surface area contributed by atoms with Gasteiger partial charge in [0.2, 0.25) is 15.9 Å². The van der Waals surface area contributed by atoms with E-state index < -0.39 is 10.0 Å². The Labute approximate surface area is 163 Å². The molecule has 1 amide bonds. The van der Waals surface area contributed by atoms with Crippen LogP contribution in [0.5, 0.6) is 0 Å². The molecule has 0 saturated heterocycles. The third-order valence-corrected chi connectivity index (χ3v) is 7.46. The summed E-state index contributed by atoms with van der Waals surface area (Å²) in [6.07, 6.45) is 4.37. The third kappa shape index (κ3) is 4.83. The Bertz CT molecular complexity index is 916. The second kappa shape index (κ2) is 8.20. The maximum atomic E-state index is 12.2. The van der Waals surface area contributed by atoms with E-state index >= 15 is 0 Å². The van der Waals surface area contributed by atoms with Crippen molar-refractivity contribution in [2.45, 2.75) is 48.8 Å². The number of hydrogen-bond acceptors (Lipinski definition) is 6. The van der Waals surface area contributed by atoms with Crippen LogP contribution < -0.4 is 5.32 Å². The highest BCUT2D eigenvalue weighted by atomic mass is 32.2. The molecule has 2 aromatic rings. The highest BCUT2D eigenvalue weighted by molar-refractivity contribution is 7.99. The van der Waals surface area contributed by atoms with E-state index in [9.17, 15) is 13.2 Å². The van der Waals surface area contributed by atoms with Gasteiger partial charge in [0.25, 0.3) is 5.22 Å². The van der Waals surface area contributed by atoms with E-state index in [0.29, 0.717) is 16.3 Å². The lowest BCUT2D eigenvalue weighted by Gasteiger charge is -2.26. The highest BCUT2D eigenvalue weighted by Gasteiger charge is 2.21. The van der Waals surface area contributed by atoms with Crippen molar-refractivity contribution in [3.05, 3.63) is 18.2 Å². The number of oxazole rings is 1. The molecule has 0 spiro atoms. The van der Waals surface area contributed by atoms with E-state index in [1.165, 1.54) is 38.0 Å². The molecular weight excluding hydrogens is 386 g/mol. The molecule has 1 aliphatic carbocycles. The van der Waals surface area contributed by atoms with E-state index in [1.54, 1.807) is 6.07 Å². The van der Waals surface area contributed by atoms with Gasteiger partial charge >= 0.3 is 0 Å². The summed E-state index contributed by atoms with van der Waals surface area (Å²) in [5, 5.41) is 3.43. The van der Waals surface area contributed by atoms with E-state index in [1.807, 2.05) is 0 Å². The molecule has 3 rings (SSSR count). The number of carbonyl (C=O) groups is 1. The van der Waals surface area contributed by atoms with Gasteiger partial charge in [0.05, 0.1) is 10.6 Å². The number of aromatic nitrogens is 1. The topological polar surface area (TPSA) is 92.5 Å². The average molecular weight is 412 g/mol. The number of nitrogens with zero attached hydrogens (tertiary/aromatic N) is 2. The minimum atomic E-state index is -3.52. The Morgan fingerprint density at radius 1 is 1.30 bits per heavy atom.